The molecule has 0 bridgehead atoms. The van der Waals surface area contributed by atoms with Crippen LogP contribution in [0.25, 0.3) is 0 Å². The summed E-state index contributed by atoms with van der Waals surface area (Å²) in [6.45, 7) is 0. The van der Waals surface area contributed by atoms with Crippen molar-refractivity contribution in [3.05, 3.63) is 52.0 Å². The van der Waals surface area contributed by atoms with Crippen molar-refractivity contribution < 1.29 is 9.47 Å². The third-order valence-electron chi connectivity index (χ3n) is 2.66. The van der Waals surface area contributed by atoms with Crippen LogP contribution in [0.4, 0.5) is 0 Å². The molecule has 0 unspecified atom stereocenters. The molecule has 0 amide bonds. The summed E-state index contributed by atoms with van der Waals surface area (Å²) in [5.41, 5.74) is 1.68. The van der Waals surface area contributed by atoms with Crippen molar-refractivity contribution >= 4 is 31.9 Å². The standard InChI is InChI=1S/C15H11Br2NO2/c1-19-15-7-11(9-18)3-5-14(15)20-13-4-2-10(8-16)6-12(13)17/h2-7H,8H2,1H3. The maximum atomic E-state index is 8.88. The summed E-state index contributed by atoms with van der Waals surface area (Å²) in [6, 6.07) is 13.0. The molecular formula is C15H11Br2NO2. The normalized spacial score (nSPS) is 9.90. The van der Waals surface area contributed by atoms with Crippen molar-refractivity contribution in [3.8, 4) is 23.3 Å². The number of hydrogen-bond acceptors (Lipinski definition) is 3. The molecule has 0 aromatic heterocycles. The molecule has 0 N–H and O–H groups in total. The van der Waals surface area contributed by atoms with Crippen molar-refractivity contribution in [1.29, 1.82) is 5.26 Å². The van der Waals surface area contributed by atoms with Crippen molar-refractivity contribution in [2.75, 3.05) is 7.11 Å². The van der Waals surface area contributed by atoms with Crippen LogP contribution in [0, 0.1) is 11.3 Å². The van der Waals surface area contributed by atoms with E-state index in [2.05, 4.69) is 37.9 Å². The quantitative estimate of drug-likeness (QED) is 0.681. The van der Waals surface area contributed by atoms with Crippen LogP contribution in [0.1, 0.15) is 11.1 Å². The molecule has 2 rings (SSSR count). The molecule has 0 saturated carbocycles. The topological polar surface area (TPSA) is 42.2 Å². The van der Waals surface area contributed by atoms with E-state index in [-0.39, 0.29) is 0 Å². The molecule has 0 spiro atoms. The highest BCUT2D eigenvalue weighted by Gasteiger charge is 2.09. The predicted molar refractivity (Wildman–Crippen MR) is 84.6 cm³/mol. The van der Waals surface area contributed by atoms with Crippen molar-refractivity contribution in [1.82, 2.24) is 0 Å². The van der Waals surface area contributed by atoms with Gasteiger partial charge < -0.3 is 9.47 Å². The summed E-state index contributed by atoms with van der Waals surface area (Å²) in [6.07, 6.45) is 0. The van der Waals surface area contributed by atoms with E-state index in [4.69, 9.17) is 14.7 Å². The highest BCUT2D eigenvalue weighted by molar-refractivity contribution is 9.10. The SMILES string of the molecule is COc1cc(C#N)ccc1Oc1ccc(CBr)cc1Br. The van der Waals surface area contributed by atoms with Crippen LogP contribution in [0.15, 0.2) is 40.9 Å². The second kappa shape index (κ2) is 6.78. The number of nitrogens with zero attached hydrogens (tertiary/aromatic N) is 1. The first-order valence-corrected chi connectivity index (χ1v) is 7.69. The Morgan fingerprint density at radius 3 is 2.45 bits per heavy atom. The number of rotatable bonds is 4. The van der Waals surface area contributed by atoms with Crippen LogP contribution >= 0.6 is 31.9 Å². The minimum atomic E-state index is 0.528. The lowest BCUT2D eigenvalue weighted by Gasteiger charge is -2.12. The van der Waals surface area contributed by atoms with Crippen molar-refractivity contribution in [2.45, 2.75) is 5.33 Å². The number of halogens is 2. The fourth-order valence-electron chi connectivity index (χ4n) is 1.65. The average molecular weight is 397 g/mol. The van der Waals surface area contributed by atoms with Crippen LogP contribution < -0.4 is 9.47 Å². The summed E-state index contributed by atoms with van der Waals surface area (Å²) in [7, 11) is 1.55. The number of nitriles is 1. The Morgan fingerprint density at radius 2 is 1.85 bits per heavy atom. The first-order valence-electron chi connectivity index (χ1n) is 5.78. The van der Waals surface area contributed by atoms with Gasteiger partial charge in [-0.25, -0.2) is 0 Å². The van der Waals surface area contributed by atoms with Crippen LogP contribution in [-0.4, -0.2) is 7.11 Å². The van der Waals surface area contributed by atoms with Crippen LogP contribution in [0.3, 0.4) is 0 Å². The third-order valence-corrected chi connectivity index (χ3v) is 3.93. The Labute approximate surface area is 134 Å². The number of ether oxygens (including phenoxy) is 2. The highest BCUT2D eigenvalue weighted by Crippen LogP contribution is 2.36. The third kappa shape index (κ3) is 3.33. The summed E-state index contributed by atoms with van der Waals surface area (Å²) in [4.78, 5) is 0. The van der Waals surface area contributed by atoms with Crippen LogP contribution in [-0.2, 0) is 5.33 Å². The molecule has 2 aromatic carbocycles. The molecule has 2 aromatic rings. The number of hydrogen-bond donors (Lipinski definition) is 0. The average Bonchev–Trinajstić information content (AvgIpc) is 2.49. The zero-order valence-electron chi connectivity index (χ0n) is 10.7. The minimum Gasteiger partial charge on any atom is -0.493 e. The Hall–Kier alpha value is -1.51. The van der Waals surface area contributed by atoms with Crippen LogP contribution in [0.2, 0.25) is 0 Å². The molecule has 0 saturated heterocycles. The van der Waals surface area contributed by atoms with E-state index in [0.717, 1.165) is 15.4 Å². The van der Waals surface area contributed by atoms with E-state index in [1.807, 2.05) is 18.2 Å². The van der Waals surface area contributed by atoms with Gasteiger partial charge in [-0.1, -0.05) is 22.0 Å². The van der Waals surface area contributed by atoms with E-state index in [9.17, 15) is 0 Å². The largest absolute Gasteiger partial charge is 0.493 e. The van der Waals surface area contributed by atoms with E-state index in [0.29, 0.717) is 22.8 Å². The van der Waals surface area contributed by atoms with Gasteiger partial charge in [0.2, 0.25) is 0 Å². The van der Waals surface area contributed by atoms with E-state index in [1.54, 1.807) is 25.3 Å². The van der Waals surface area contributed by atoms with E-state index < -0.39 is 0 Å². The van der Waals surface area contributed by atoms with E-state index in [1.165, 1.54) is 0 Å². The lowest BCUT2D eigenvalue weighted by atomic mass is 10.2. The molecule has 20 heavy (non-hydrogen) atoms. The molecule has 0 aliphatic carbocycles. The summed E-state index contributed by atoms with van der Waals surface area (Å²) >= 11 is 6.89. The highest BCUT2D eigenvalue weighted by atomic mass is 79.9. The van der Waals surface area contributed by atoms with Gasteiger partial charge in [0.1, 0.15) is 5.75 Å². The second-order valence-corrected chi connectivity index (χ2v) is 5.39. The summed E-state index contributed by atoms with van der Waals surface area (Å²) in [5.74, 6) is 1.79. The van der Waals surface area contributed by atoms with Gasteiger partial charge in [-0.15, -0.1) is 0 Å². The smallest absolute Gasteiger partial charge is 0.169 e. The van der Waals surface area contributed by atoms with Gasteiger partial charge in [-0.05, 0) is 45.8 Å². The molecule has 5 heteroatoms. The van der Waals surface area contributed by atoms with Crippen molar-refractivity contribution in [2.24, 2.45) is 0 Å². The number of methoxy groups -OCH3 is 1. The number of alkyl halides is 1. The monoisotopic (exact) mass is 395 g/mol. The van der Waals surface area contributed by atoms with Crippen molar-refractivity contribution in [3.63, 3.8) is 0 Å². The number of benzene rings is 2. The molecule has 0 aliphatic rings. The lowest BCUT2D eigenvalue weighted by Crippen LogP contribution is -1.92. The van der Waals surface area contributed by atoms with E-state index >= 15 is 0 Å². The molecule has 0 heterocycles. The maximum absolute atomic E-state index is 8.88. The van der Waals surface area contributed by atoms with Gasteiger partial charge >= 0.3 is 0 Å². The van der Waals surface area contributed by atoms with Gasteiger partial charge in [-0.2, -0.15) is 5.26 Å². The zero-order valence-corrected chi connectivity index (χ0v) is 13.9. The molecule has 3 nitrogen and oxygen atoms in total. The molecule has 102 valence electrons. The van der Waals surface area contributed by atoms with Crippen LogP contribution in [0.5, 0.6) is 17.2 Å². The molecule has 0 fully saturated rings. The van der Waals surface area contributed by atoms with Gasteiger partial charge in [0, 0.05) is 11.4 Å². The first kappa shape index (κ1) is 14.9. The fraction of sp³-hybridized carbons (Fsp3) is 0.133. The molecule has 0 atom stereocenters. The zero-order chi connectivity index (χ0) is 14.5. The minimum absolute atomic E-state index is 0.528. The van der Waals surface area contributed by atoms with Gasteiger partial charge in [0.05, 0.1) is 23.2 Å². The second-order valence-electron chi connectivity index (χ2n) is 3.98. The fourth-order valence-corrected chi connectivity index (χ4v) is 2.51. The summed E-state index contributed by atoms with van der Waals surface area (Å²) in [5, 5.41) is 9.67. The lowest BCUT2D eigenvalue weighted by molar-refractivity contribution is 0.378. The van der Waals surface area contributed by atoms with Gasteiger partial charge in [0.25, 0.3) is 0 Å². The summed E-state index contributed by atoms with van der Waals surface area (Å²) < 4.78 is 11.9. The Morgan fingerprint density at radius 1 is 1.10 bits per heavy atom. The maximum Gasteiger partial charge on any atom is 0.169 e. The Balaban J connectivity index is 2.32. The van der Waals surface area contributed by atoms with Gasteiger partial charge in [-0.3, -0.25) is 0 Å². The predicted octanol–water partition coefficient (Wildman–Crippen LogP) is 5.02. The molecular weight excluding hydrogens is 386 g/mol. The Bertz CT molecular complexity index is 665. The molecule has 0 aliphatic heterocycles. The van der Waals surface area contributed by atoms with Gasteiger partial charge in [0.15, 0.2) is 11.5 Å². The Kier molecular flexibility index (Phi) is 5.05. The first-order chi connectivity index (χ1) is 9.67. The molecule has 0 radical (unpaired) electrons.